The van der Waals surface area contributed by atoms with E-state index in [1.165, 1.54) is 31.5 Å². The van der Waals surface area contributed by atoms with E-state index in [0.717, 1.165) is 44.7 Å². The first-order chi connectivity index (χ1) is 11.8. The largest absolute Gasteiger partial charge is 0.492 e. The van der Waals surface area contributed by atoms with Crippen molar-refractivity contribution in [3.63, 3.8) is 0 Å². The van der Waals surface area contributed by atoms with Crippen LogP contribution in [0.15, 0.2) is 24.3 Å². The highest BCUT2D eigenvalue weighted by Crippen LogP contribution is 2.13. The summed E-state index contributed by atoms with van der Waals surface area (Å²) >= 11 is 0. The fourth-order valence-electron chi connectivity index (χ4n) is 3.41. The minimum absolute atomic E-state index is 0. The predicted octanol–water partition coefficient (Wildman–Crippen LogP) is 1.99. The first-order valence-corrected chi connectivity index (χ1v) is 9.26. The molecule has 0 spiro atoms. The van der Waals surface area contributed by atoms with Crippen LogP contribution in [0.2, 0.25) is 0 Å². The van der Waals surface area contributed by atoms with Crippen LogP contribution in [-0.4, -0.2) is 56.2 Å². The second kappa shape index (κ2) is 10.6. The van der Waals surface area contributed by atoms with Crippen molar-refractivity contribution in [3.05, 3.63) is 29.8 Å². The molecule has 2 fully saturated rings. The van der Waals surface area contributed by atoms with Crippen LogP contribution < -0.4 is 15.4 Å². The molecule has 1 aromatic carbocycles. The van der Waals surface area contributed by atoms with Crippen LogP contribution >= 0.6 is 12.4 Å². The summed E-state index contributed by atoms with van der Waals surface area (Å²) in [7, 11) is 0. The first kappa shape index (κ1) is 20.0. The maximum atomic E-state index is 11.9. The van der Waals surface area contributed by atoms with Gasteiger partial charge in [-0.2, -0.15) is 0 Å². The van der Waals surface area contributed by atoms with Gasteiger partial charge in [0.15, 0.2) is 0 Å². The van der Waals surface area contributed by atoms with Gasteiger partial charge in [0.1, 0.15) is 12.4 Å². The Hall–Kier alpha value is -1.30. The van der Waals surface area contributed by atoms with Crippen molar-refractivity contribution in [3.8, 4) is 5.75 Å². The Kier molecular flexibility index (Phi) is 8.52. The van der Waals surface area contributed by atoms with Crippen molar-refractivity contribution >= 4 is 18.3 Å². The fourth-order valence-corrected chi connectivity index (χ4v) is 3.41. The smallest absolute Gasteiger partial charge is 0.237 e. The van der Waals surface area contributed by atoms with Crippen LogP contribution in [0.3, 0.4) is 0 Å². The number of carbonyl (C=O) groups is 1. The van der Waals surface area contributed by atoms with Crippen LogP contribution in [0.5, 0.6) is 5.75 Å². The van der Waals surface area contributed by atoms with Crippen molar-refractivity contribution in [2.75, 3.05) is 39.3 Å². The van der Waals surface area contributed by atoms with E-state index in [2.05, 4.69) is 27.7 Å². The summed E-state index contributed by atoms with van der Waals surface area (Å²) in [5, 5.41) is 6.24. The summed E-state index contributed by atoms with van der Waals surface area (Å²) in [6, 6.07) is 8.24. The van der Waals surface area contributed by atoms with Gasteiger partial charge in [-0.25, -0.2) is 0 Å². The van der Waals surface area contributed by atoms with Crippen LogP contribution in [0.4, 0.5) is 0 Å². The molecule has 140 valence electrons. The van der Waals surface area contributed by atoms with Gasteiger partial charge in [0.2, 0.25) is 5.91 Å². The lowest BCUT2D eigenvalue weighted by Crippen LogP contribution is -2.41. The Balaban J connectivity index is 0.00000225. The van der Waals surface area contributed by atoms with Crippen molar-refractivity contribution in [2.24, 2.45) is 0 Å². The Morgan fingerprint density at radius 1 is 1.20 bits per heavy atom. The third-order valence-electron chi connectivity index (χ3n) is 4.89. The number of likely N-dealkylation sites (tertiary alicyclic amines) is 1. The molecule has 25 heavy (non-hydrogen) atoms. The fraction of sp³-hybridized carbons (Fsp3) is 0.632. The molecule has 1 unspecified atom stereocenters. The van der Waals surface area contributed by atoms with Gasteiger partial charge in [-0.1, -0.05) is 12.1 Å². The molecule has 2 heterocycles. The van der Waals surface area contributed by atoms with Crippen LogP contribution in [0, 0.1) is 0 Å². The van der Waals surface area contributed by atoms with Crippen molar-refractivity contribution in [1.82, 2.24) is 15.5 Å². The zero-order valence-corrected chi connectivity index (χ0v) is 15.7. The first-order valence-electron chi connectivity index (χ1n) is 9.26. The van der Waals surface area contributed by atoms with Crippen molar-refractivity contribution < 1.29 is 9.53 Å². The molecule has 0 saturated carbocycles. The molecule has 3 rings (SSSR count). The highest BCUT2D eigenvalue weighted by Gasteiger charge is 2.21. The molecule has 2 aliphatic rings. The van der Waals surface area contributed by atoms with Crippen LogP contribution in [0.1, 0.15) is 31.2 Å². The summed E-state index contributed by atoms with van der Waals surface area (Å²) in [4.78, 5) is 14.4. The average Bonchev–Trinajstić information content (AvgIpc) is 3.30. The summed E-state index contributed by atoms with van der Waals surface area (Å²) < 4.78 is 5.81. The molecule has 2 N–H and O–H groups in total. The number of halogens is 1. The van der Waals surface area contributed by atoms with Gasteiger partial charge >= 0.3 is 0 Å². The van der Waals surface area contributed by atoms with Gasteiger partial charge in [-0.3, -0.25) is 9.69 Å². The molecular formula is C19H30ClN3O2. The van der Waals surface area contributed by atoms with Gasteiger partial charge in [0, 0.05) is 13.1 Å². The van der Waals surface area contributed by atoms with Crippen molar-refractivity contribution in [2.45, 2.75) is 38.1 Å². The summed E-state index contributed by atoms with van der Waals surface area (Å²) in [6.07, 6.45) is 5.54. The highest BCUT2D eigenvalue weighted by atomic mass is 35.5. The number of benzene rings is 1. The quantitative estimate of drug-likeness (QED) is 0.737. The molecular weight excluding hydrogens is 338 g/mol. The van der Waals surface area contributed by atoms with E-state index < -0.39 is 0 Å². The molecule has 0 aliphatic carbocycles. The maximum Gasteiger partial charge on any atom is 0.237 e. The second-order valence-electron chi connectivity index (χ2n) is 6.73. The zero-order valence-electron chi connectivity index (χ0n) is 14.8. The molecule has 0 bridgehead atoms. The van der Waals surface area contributed by atoms with E-state index in [0.29, 0.717) is 6.54 Å². The molecule has 1 amide bonds. The summed E-state index contributed by atoms with van der Waals surface area (Å²) in [6.45, 7) is 5.84. The SMILES string of the molecule is Cl.O=C(NCCc1ccc(OCCN2CCCC2)cc1)C1CCCN1. The number of hydrogen-bond acceptors (Lipinski definition) is 4. The molecule has 2 saturated heterocycles. The molecule has 5 nitrogen and oxygen atoms in total. The van der Waals surface area contributed by atoms with Gasteiger partial charge in [-0.05, 0) is 69.4 Å². The molecule has 1 aromatic rings. The minimum Gasteiger partial charge on any atom is -0.492 e. The number of nitrogens with zero attached hydrogens (tertiary/aromatic N) is 1. The van der Waals surface area contributed by atoms with Gasteiger partial charge < -0.3 is 15.4 Å². The average molecular weight is 368 g/mol. The molecule has 0 aromatic heterocycles. The zero-order chi connectivity index (χ0) is 16.6. The minimum atomic E-state index is 0. The van der Waals surface area contributed by atoms with Gasteiger partial charge in [0.05, 0.1) is 6.04 Å². The second-order valence-corrected chi connectivity index (χ2v) is 6.73. The van der Waals surface area contributed by atoms with E-state index in [1.807, 2.05) is 12.1 Å². The van der Waals surface area contributed by atoms with Crippen LogP contribution in [0.25, 0.3) is 0 Å². The summed E-state index contributed by atoms with van der Waals surface area (Å²) in [5.41, 5.74) is 1.22. The maximum absolute atomic E-state index is 11.9. The topological polar surface area (TPSA) is 53.6 Å². The number of amides is 1. The van der Waals surface area contributed by atoms with E-state index in [9.17, 15) is 4.79 Å². The highest BCUT2D eigenvalue weighted by molar-refractivity contribution is 5.85. The molecule has 0 radical (unpaired) electrons. The molecule has 6 heteroatoms. The third-order valence-corrected chi connectivity index (χ3v) is 4.89. The van der Waals surface area contributed by atoms with Gasteiger partial charge in [-0.15, -0.1) is 12.4 Å². The Morgan fingerprint density at radius 2 is 1.96 bits per heavy atom. The number of ether oxygens (including phenoxy) is 1. The number of hydrogen-bond donors (Lipinski definition) is 2. The monoisotopic (exact) mass is 367 g/mol. The number of nitrogens with one attached hydrogen (secondary N) is 2. The van der Waals surface area contributed by atoms with Gasteiger partial charge in [0.25, 0.3) is 0 Å². The predicted molar refractivity (Wildman–Crippen MR) is 103 cm³/mol. The van der Waals surface area contributed by atoms with E-state index in [-0.39, 0.29) is 24.4 Å². The Morgan fingerprint density at radius 3 is 2.64 bits per heavy atom. The Labute approximate surface area is 156 Å². The lowest BCUT2D eigenvalue weighted by Gasteiger charge is -2.15. The third kappa shape index (κ3) is 6.49. The Bertz CT molecular complexity index is 512. The summed E-state index contributed by atoms with van der Waals surface area (Å²) in [5.74, 6) is 1.06. The lowest BCUT2D eigenvalue weighted by atomic mass is 10.1. The van der Waals surface area contributed by atoms with E-state index in [1.54, 1.807) is 0 Å². The van der Waals surface area contributed by atoms with E-state index >= 15 is 0 Å². The standard InChI is InChI=1S/C19H29N3O2.ClH/c23-19(18-4-3-10-20-18)21-11-9-16-5-7-17(8-6-16)24-15-14-22-12-1-2-13-22;/h5-8,18,20H,1-4,9-15H2,(H,21,23);1H. The van der Waals surface area contributed by atoms with Crippen molar-refractivity contribution in [1.29, 1.82) is 0 Å². The molecule has 2 aliphatic heterocycles. The number of rotatable bonds is 8. The molecule has 1 atom stereocenters. The van der Waals surface area contributed by atoms with Crippen LogP contribution in [-0.2, 0) is 11.2 Å². The normalized spacial score (nSPS) is 20.2. The number of carbonyl (C=O) groups excluding carboxylic acids is 1. The van der Waals surface area contributed by atoms with E-state index in [4.69, 9.17) is 4.74 Å². The lowest BCUT2D eigenvalue weighted by molar-refractivity contribution is -0.122.